The van der Waals surface area contributed by atoms with Gasteiger partial charge in [0.05, 0.1) is 30.0 Å². The number of aryl methyl sites for hydroxylation is 3. The van der Waals surface area contributed by atoms with Gasteiger partial charge in [-0.05, 0) is 48.7 Å². The van der Waals surface area contributed by atoms with Gasteiger partial charge in [-0.25, -0.2) is 4.79 Å². The normalized spacial score (nSPS) is 12.4. The predicted molar refractivity (Wildman–Crippen MR) is 135 cm³/mol. The van der Waals surface area contributed by atoms with Crippen molar-refractivity contribution in [3.8, 4) is 0 Å². The first-order chi connectivity index (χ1) is 16.3. The lowest BCUT2D eigenvalue weighted by Crippen LogP contribution is -2.29. The molecular weight excluding hydrogens is 426 g/mol. The maximum atomic E-state index is 13.9. The van der Waals surface area contributed by atoms with E-state index in [1.54, 1.807) is 9.13 Å². The molecule has 1 N–H and O–H groups in total. The molecule has 0 saturated carbocycles. The number of imidazole rings is 1. The van der Waals surface area contributed by atoms with Crippen LogP contribution >= 0.6 is 0 Å². The molecule has 6 heteroatoms. The lowest BCUT2D eigenvalue weighted by molar-refractivity contribution is -0.137. The third-order valence-electron chi connectivity index (χ3n) is 6.64. The van der Waals surface area contributed by atoms with Crippen LogP contribution in [0, 0.1) is 13.8 Å². The van der Waals surface area contributed by atoms with Crippen LogP contribution in [0.4, 0.5) is 0 Å². The third kappa shape index (κ3) is 3.61. The molecule has 0 amide bonds. The molecule has 6 nitrogen and oxygen atoms in total. The summed E-state index contributed by atoms with van der Waals surface area (Å²) in [4.78, 5) is 25.7. The zero-order valence-electron chi connectivity index (χ0n) is 19.5. The summed E-state index contributed by atoms with van der Waals surface area (Å²) in [5.41, 5.74) is 6.54. The second-order valence-corrected chi connectivity index (χ2v) is 8.99. The Morgan fingerprint density at radius 1 is 0.912 bits per heavy atom. The molecule has 0 aliphatic heterocycles. The molecule has 0 radical (unpaired) electrons. The molecule has 0 fully saturated rings. The maximum absolute atomic E-state index is 13.9. The van der Waals surface area contributed by atoms with E-state index in [9.17, 15) is 14.7 Å². The Morgan fingerprint density at radius 3 is 2.29 bits per heavy atom. The highest BCUT2D eigenvalue weighted by Gasteiger charge is 2.25. The highest BCUT2D eigenvalue weighted by atomic mass is 16.4. The SMILES string of the molecule is Cc1ccc(C(CC(=O)O)n2c(=O)n(Cc3cn(C)c4cccc(C)c34)c3ccccc32)cc1. The van der Waals surface area contributed by atoms with Crippen LogP contribution in [0.2, 0.25) is 0 Å². The molecule has 0 aliphatic carbocycles. The van der Waals surface area contributed by atoms with Crippen molar-refractivity contribution in [3.05, 3.63) is 106 Å². The lowest BCUT2D eigenvalue weighted by atomic mass is 10.0. The Bertz CT molecular complexity index is 1590. The van der Waals surface area contributed by atoms with Gasteiger partial charge in [0.15, 0.2) is 0 Å². The number of carbonyl (C=O) groups is 1. The van der Waals surface area contributed by atoms with Gasteiger partial charge in [0, 0.05) is 24.1 Å². The average Bonchev–Trinajstić information content (AvgIpc) is 3.28. The van der Waals surface area contributed by atoms with Crippen molar-refractivity contribution in [1.29, 1.82) is 0 Å². The number of hydrogen-bond donors (Lipinski definition) is 1. The zero-order valence-corrected chi connectivity index (χ0v) is 19.5. The first-order valence-corrected chi connectivity index (χ1v) is 11.4. The summed E-state index contributed by atoms with van der Waals surface area (Å²) in [6.45, 7) is 4.47. The van der Waals surface area contributed by atoms with Crippen molar-refractivity contribution < 1.29 is 9.90 Å². The van der Waals surface area contributed by atoms with E-state index in [1.807, 2.05) is 68.6 Å². The molecule has 3 aromatic carbocycles. The number of nitrogens with zero attached hydrogens (tertiary/aromatic N) is 3. The smallest absolute Gasteiger partial charge is 0.330 e. The highest BCUT2D eigenvalue weighted by molar-refractivity contribution is 5.87. The summed E-state index contributed by atoms with van der Waals surface area (Å²) >= 11 is 0. The highest BCUT2D eigenvalue weighted by Crippen LogP contribution is 2.29. The van der Waals surface area contributed by atoms with Crippen molar-refractivity contribution in [2.45, 2.75) is 32.9 Å². The number of hydrogen-bond acceptors (Lipinski definition) is 2. The number of rotatable bonds is 6. The summed E-state index contributed by atoms with van der Waals surface area (Å²) in [6, 6.07) is 20.9. The zero-order chi connectivity index (χ0) is 24.0. The lowest BCUT2D eigenvalue weighted by Gasteiger charge is -2.18. The van der Waals surface area contributed by atoms with E-state index in [0.29, 0.717) is 6.54 Å². The number of para-hydroxylation sites is 2. The molecule has 0 aliphatic rings. The van der Waals surface area contributed by atoms with Crippen molar-refractivity contribution in [2.75, 3.05) is 0 Å². The van der Waals surface area contributed by atoms with Crippen LogP contribution in [0.3, 0.4) is 0 Å². The van der Waals surface area contributed by atoms with E-state index in [2.05, 4.69) is 29.8 Å². The first kappa shape index (κ1) is 21.8. The first-order valence-electron chi connectivity index (χ1n) is 11.4. The Hall–Kier alpha value is -4.06. The monoisotopic (exact) mass is 453 g/mol. The minimum Gasteiger partial charge on any atom is -0.481 e. The molecular formula is C28H27N3O3. The number of aliphatic carboxylic acids is 1. The van der Waals surface area contributed by atoms with Gasteiger partial charge in [-0.2, -0.15) is 0 Å². The third-order valence-corrected chi connectivity index (χ3v) is 6.64. The van der Waals surface area contributed by atoms with Gasteiger partial charge in [-0.3, -0.25) is 13.9 Å². The Morgan fingerprint density at radius 2 is 1.59 bits per heavy atom. The second-order valence-electron chi connectivity index (χ2n) is 8.99. The van der Waals surface area contributed by atoms with Crippen LogP contribution in [-0.4, -0.2) is 24.8 Å². The van der Waals surface area contributed by atoms with Gasteiger partial charge < -0.3 is 9.67 Å². The topological polar surface area (TPSA) is 69.2 Å². The Balaban J connectivity index is 1.72. The molecule has 0 saturated heterocycles. The molecule has 5 rings (SSSR count). The number of benzene rings is 3. The quantitative estimate of drug-likeness (QED) is 0.392. The van der Waals surface area contributed by atoms with Crippen molar-refractivity contribution in [2.24, 2.45) is 7.05 Å². The van der Waals surface area contributed by atoms with Gasteiger partial charge in [-0.1, -0.05) is 54.1 Å². The van der Waals surface area contributed by atoms with E-state index >= 15 is 0 Å². The molecule has 5 aromatic rings. The van der Waals surface area contributed by atoms with Gasteiger partial charge >= 0.3 is 11.7 Å². The fraction of sp³-hybridized carbons (Fsp3) is 0.214. The van der Waals surface area contributed by atoms with Gasteiger partial charge in [0.2, 0.25) is 0 Å². The van der Waals surface area contributed by atoms with Crippen LogP contribution < -0.4 is 5.69 Å². The molecule has 34 heavy (non-hydrogen) atoms. The molecule has 172 valence electrons. The van der Waals surface area contributed by atoms with Crippen LogP contribution in [-0.2, 0) is 18.4 Å². The standard InChI is InChI=1S/C28H27N3O3/c1-18-11-13-20(14-12-18)25(15-26(32)33)31-23-9-5-4-8-22(23)30(28(31)34)17-21-16-29(3)24-10-6-7-19(2)27(21)24/h4-14,16,25H,15,17H2,1-3H3,(H,32,33). The van der Waals surface area contributed by atoms with E-state index in [4.69, 9.17) is 0 Å². The van der Waals surface area contributed by atoms with E-state index in [-0.39, 0.29) is 12.1 Å². The van der Waals surface area contributed by atoms with Crippen LogP contribution in [0.5, 0.6) is 0 Å². The van der Waals surface area contributed by atoms with Gasteiger partial charge in [-0.15, -0.1) is 0 Å². The van der Waals surface area contributed by atoms with Crippen molar-refractivity contribution >= 4 is 27.9 Å². The van der Waals surface area contributed by atoms with Crippen molar-refractivity contribution in [3.63, 3.8) is 0 Å². The number of aromatic nitrogens is 3. The van der Waals surface area contributed by atoms with Gasteiger partial charge in [0.1, 0.15) is 0 Å². The fourth-order valence-corrected chi connectivity index (χ4v) is 5.02. The van der Waals surface area contributed by atoms with E-state index in [0.717, 1.165) is 44.2 Å². The van der Waals surface area contributed by atoms with Gasteiger partial charge in [0.25, 0.3) is 0 Å². The minimum absolute atomic E-state index is 0.176. The minimum atomic E-state index is -0.945. The summed E-state index contributed by atoms with van der Waals surface area (Å²) in [7, 11) is 2.01. The molecule has 1 atom stereocenters. The number of carboxylic acid groups (broad SMARTS) is 1. The molecule has 2 aromatic heterocycles. The maximum Gasteiger partial charge on any atom is 0.330 e. The number of fused-ring (bicyclic) bond motifs is 2. The van der Waals surface area contributed by atoms with E-state index < -0.39 is 12.0 Å². The molecule has 1 unspecified atom stereocenters. The predicted octanol–water partition coefficient (Wildman–Crippen LogP) is 5.02. The Kier molecular flexibility index (Phi) is 5.36. The van der Waals surface area contributed by atoms with Crippen LogP contribution in [0.25, 0.3) is 21.9 Å². The summed E-state index contributed by atoms with van der Waals surface area (Å²) in [5.74, 6) is -0.945. The number of carboxylic acids is 1. The largest absolute Gasteiger partial charge is 0.481 e. The Labute approximate surface area is 197 Å². The van der Waals surface area contributed by atoms with Crippen molar-refractivity contribution in [1.82, 2.24) is 13.7 Å². The summed E-state index contributed by atoms with van der Waals surface area (Å²) in [5, 5.41) is 10.8. The average molecular weight is 454 g/mol. The molecule has 2 heterocycles. The fourth-order valence-electron chi connectivity index (χ4n) is 5.02. The van der Waals surface area contributed by atoms with E-state index in [1.165, 1.54) is 0 Å². The summed E-state index contributed by atoms with van der Waals surface area (Å²) in [6.07, 6.45) is 1.90. The second kappa shape index (κ2) is 8.37. The van der Waals surface area contributed by atoms with Crippen LogP contribution in [0.1, 0.15) is 34.7 Å². The molecule has 0 bridgehead atoms. The summed E-state index contributed by atoms with van der Waals surface area (Å²) < 4.78 is 5.49. The van der Waals surface area contributed by atoms with Crippen LogP contribution in [0.15, 0.2) is 77.7 Å². The molecule has 0 spiro atoms.